The number of piperidine rings is 1. The molecule has 1 N–H and O–H groups in total. The van der Waals surface area contributed by atoms with Gasteiger partial charge in [0.15, 0.2) is 5.16 Å². The Hall–Kier alpha value is -1.72. The summed E-state index contributed by atoms with van der Waals surface area (Å²) < 4.78 is 7.94. The summed E-state index contributed by atoms with van der Waals surface area (Å²) in [5.74, 6) is 4.26. The smallest absolute Gasteiger partial charge is 0.231 e. The first-order valence-electron chi connectivity index (χ1n) is 9.30. The zero-order valence-electron chi connectivity index (χ0n) is 15.3. The Bertz CT molecular complexity index is 642. The molecular formula is C18H27N5O2S. The van der Waals surface area contributed by atoms with E-state index in [1.807, 2.05) is 0 Å². The van der Waals surface area contributed by atoms with Gasteiger partial charge in [-0.1, -0.05) is 24.6 Å². The normalized spacial score (nSPS) is 20.9. The van der Waals surface area contributed by atoms with Crippen molar-refractivity contribution in [2.75, 3.05) is 36.9 Å². The Balaban J connectivity index is 1.70. The third kappa shape index (κ3) is 4.92. The number of carbonyl (C=O) groups excluding carboxylic acids is 1. The van der Waals surface area contributed by atoms with Crippen molar-refractivity contribution < 1.29 is 9.53 Å². The molecule has 0 spiro atoms. The van der Waals surface area contributed by atoms with Crippen LogP contribution in [-0.4, -0.2) is 58.8 Å². The lowest BCUT2D eigenvalue weighted by Crippen LogP contribution is -2.35. The van der Waals surface area contributed by atoms with E-state index in [-0.39, 0.29) is 24.3 Å². The average Bonchev–Trinajstić information content (AvgIpc) is 3.29. The van der Waals surface area contributed by atoms with Crippen molar-refractivity contribution in [2.24, 2.45) is 5.92 Å². The molecule has 1 aromatic heterocycles. The van der Waals surface area contributed by atoms with Crippen LogP contribution in [0.4, 0.5) is 5.95 Å². The topological polar surface area (TPSA) is 72.3 Å². The summed E-state index contributed by atoms with van der Waals surface area (Å²) in [7, 11) is 0. The highest BCUT2D eigenvalue weighted by atomic mass is 32.2. The standard InChI is InChI=1S/C18H27N5O2S/c1-3-8-19-16(24)13-26-18-21-20-17(22-9-6-14(2)7-10-22)23(18)12-15-5-4-11-25-15/h1,14-15H,4-13H2,2H3,(H,19,24). The minimum Gasteiger partial charge on any atom is -0.376 e. The molecule has 142 valence electrons. The van der Waals surface area contributed by atoms with E-state index < -0.39 is 0 Å². The molecule has 8 heteroatoms. The van der Waals surface area contributed by atoms with E-state index in [2.05, 4.69) is 37.8 Å². The summed E-state index contributed by atoms with van der Waals surface area (Å²) in [4.78, 5) is 14.2. The van der Waals surface area contributed by atoms with Crippen molar-refractivity contribution in [3.8, 4) is 12.3 Å². The molecule has 2 aliphatic heterocycles. The lowest BCUT2D eigenvalue weighted by atomic mass is 10.00. The monoisotopic (exact) mass is 377 g/mol. The molecule has 0 saturated carbocycles. The average molecular weight is 378 g/mol. The van der Waals surface area contributed by atoms with E-state index in [0.29, 0.717) is 0 Å². The van der Waals surface area contributed by atoms with Crippen LogP contribution in [0.3, 0.4) is 0 Å². The molecule has 1 atom stereocenters. The number of ether oxygens (including phenoxy) is 1. The van der Waals surface area contributed by atoms with Gasteiger partial charge in [-0.3, -0.25) is 9.36 Å². The highest BCUT2D eigenvalue weighted by molar-refractivity contribution is 7.99. The summed E-state index contributed by atoms with van der Waals surface area (Å²) in [5.41, 5.74) is 0. The molecule has 0 aliphatic carbocycles. The molecule has 0 aromatic carbocycles. The molecule has 0 radical (unpaired) electrons. The van der Waals surface area contributed by atoms with E-state index in [0.717, 1.165) is 56.1 Å². The van der Waals surface area contributed by atoms with Crippen molar-refractivity contribution >= 4 is 23.6 Å². The van der Waals surface area contributed by atoms with Gasteiger partial charge in [-0.15, -0.1) is 16.6 Å². The van der Waals surface area contributed by atoms with E-state index in [1.165, 1.54) is 24.6 Å². The molecule has 26 heavy (non-hydrogen) atoms. The van der Waals surface area contributed by atoms with Crippen LogP contribution in [0.5, 0.6) is 0 Å². The van der Waals surface area contributed by atoms with Crippen molar-refractivity contribution in [1.82, 2.24) is 20.1 Å². The van der Waals surface area contributed by atoms with Gasteiger partial charge in [-0.2, -0.15) is 0 Å². The van der Waals surface area contributed by atoms with Gasteiger partial charge in [0.1, 0.15) is 0 Å². The van der Waals surface area contributed by atoms with E-state index >= 15 is 0 Å². The predicted octanol–water partition coefficient (Wildman–Crippen LogP) is 1.53. The number of anilines is 1. The fourth-order valence-electron chi connectivity index (χ4n) is 3.31. The second-order valence-corrected chi connectivity index (χ2v) is 7.91. The molecule has 1 amide bonds. The maximum atomic E-state index is 11.9. The van der Waals surface area contributed by atoms with Crippen LogP contribution in [0.25, 0.3) is 0 Å². The number of rotatable bonds is 7. The number of carbonyl (C=O) groups is 1. The Morgan fingerprint density at radius 1 is 1.38 bits per heavy atom. The Labute approximate surface area is 159 Å². The van der Waals surface area contributed by atoms with Crippen LogP contribution in [0.1, 0.15) is 32.6 Å². The van der Waals surface area contributed by atoms with Gasteiger partial charge in [0, 0.05) is 19.7 Å². The molecule has 2 aliphatic rings. The largest absolute Gasteiger partial charge is 0.376 e. The fraction of sp³-hybridized carbons (Fsp3) is 0.722. The van der Waals surface area contributed by atoms with Gasteiger partial charge in [0.05, 0.1) is 24.9 Å². The molecule has 2 saturated heterocycles. The van der Waals surface area contributed by atoms with Gasteiger partial charge in [0.25, 0.3) is 0 Å². The number of amides is 1. The number of aromatic nitrogens is 3. The second kappa shape index (κ2) is 9.28. The number of thioether (sulfide) groups is 1. The van der Waals surface area contributed by atoms with E-state index in [1.54, 1.807) is 0 Å². The number of nitrogens with one attached hydrogen (secondary N) is 1. The fourth-order valence-corrected chi connectivity index (χ4v) is 4.09. The number of terminal acetylenes is 1. The SMILES string of the molecule is C#CCNC(=O)CSc1nnc(N2CCC(C)CC2)n1CC1CCCO1. The van der Waals surface area contributed by atoms with Gasteiger partial charge in [-0.25, -0.2) is 0 Å². The zero-order valence-corrected chi connectivity index (χ0v) is 16.1. The van der Waals surface area contributed by atoms with Crippen LogP contribution in [-0.2, 0) is 16.1 Å². The molecule has 7 nitrogen and oxygen atoms in total. The lowest BCUT2D eigenvalue weighted by molar-refractivity contribution is -0.118. The number of hydrogen-bond acceptors (Lipinski definition) is 6. The first kappa shape index (κ1) is 19.1. The summed E-state index contributed by atoms with van der Waals surface area (Å²) in [6.07, 6.45) is 9.87. The maximum Gasteiger partial charge on any atom is 0.231 e. The van der Waals surface area contributed by atoms with Crippen LogP contribution in [0.2, 0.25) is 0 Å². The molecule has 0 bridgehead atoms. The Morgan fingerprint density at radius 2 is 2.19 bits per heavy atom. The van der Waals surface area contributed by atoms with Crippen LogP contribution >= 0.6 is 11.8 Å². The quantitative estimate of drug-likeness (QED) is 0.574. The first-order chi connectivity index (χ1) is 12.7. The van der Waals surface area contributed by atoms with E-state index in [4.69, 9.17) is 11.2 Å². The summed E-state index contributed by atoms with van der Waals surface area (Å²) in [6, 6.07) is 0. The molecule has 1 unspecified atom stereocenters. The van der Waals surface area contributed by atoms with Crippen LogP contribution < -0.4 is 10.2 Å². The third-order valence-corrected chi connectivity index (χ3v) is 5.86. The zero-order chi connectivity index (χ0) is 18.4. The maximum absolute atomic E-state index is 11.9. The minimum atomic E-state index is -0.0898. The molecule has 3 heterocycles. The van der Waals surface area contributed by atoms with Crippen molar-refractivity contribution in [3.05, 3.63) is 0 Å². The van der Waals surface area contributed by atoms with E-state index in [9.17, 15) is 4.79 Å². The minimum absolute atomic E-state index is 0.0898. The van der Waals surface area contributed by atoms with Gasteiger partial charge in [-0.05, 0) is 31.6 Å². The van der Waals surface area contributed by atoms with Crippen molar-refractivity contribution in [3.63, 3.8) is 0 Å². The third-order valence-electron chi connectivity index (χ3n) is 4.89. The van der Waals surface area contributed by atoms with Crippen LogP contribution in [0.15, 0.2) is 5.16 Å². The lowest BCUT2D eigenvalue weighted by Gasteiger charge is -2.31. The molecule has 3 rings (SSSR count). The van der Waals surface area contributed by atoms with Crippen LogP contribution in [0, 0.1) is 18.3 Å². The first-order valence-corrected chi connectivity index (χ1v) is 10.3. The highest BCUT2D eigenvalue weighted by Crippen LogP contribution is 2.27. The second-order valence-electron chi connectivity index (χ2n) is 6.97. The Morgan fingerprint density at radius 3 is 2.88 bits per heavy atom. The Kier molecular flexibility index (Phi) is 6.80. The molecule has 1 aromatic rings. The number of nitrogens with zero attached hydrogens (tertiary/aromatic N) is 4. The number of hydrogen-bond donors (Lipinski definition) is 1. The van der Waals surface area contributed by atoms with Gasteiger partial charge in [0.2, 0.25) is 11.9 Å². The summed E-state index contributed by atoms with van der Waals surface area (Å²) >= 11 is 1.40. The van der Waals surface area contributed by atoms with Gasteiger partial charge >= 0.3 is 0 Å². The van der Waals surface area contributed by atoms with Crippen molar-refractivity contribution in [1.29, 1.82) is 0 Å². The predicted molar refractivity (Wildman–Crippen MR) is 102 cm³/mol. The highest BCUT2D eigenvalue weighted by Gasteiger charge is 2.26. The molecular weight excluding hydrogens is 350 g/mol. The summed E-state index contributed by atoms with van der Waals surface area (Å²) in [5, 5.41) is 12.3. The molecule has 2 fully saturated rings. The van der Waals surface area contributed by atoms with Crippen molar-refractivity contribution in [2.45, 2.75) is 50.4 Å². The van der Waals surface area contributed by atoms with Gasteiger partial charge < -0.3 is 15.0 Å². The summed E-state index contributed by atoms with van der Waals surface area (Å²) in [6.45, 7) is 6.10.